The van der Waals surface area contributed by atoms with Crippen molar-refractivity contribution in [3.8, 4) is 0 Å². The van der Waals surface area contributed by atoms with Gasteiger partial charge in [0.1, 0.15) is 97.7 Å². The first-order valence-electron chi connectivity index (χ1n) is 28.0. The van der Waals surface area contributed by atoms with Crippen LogP contribution in [-0.4, -0.2) is 255 Å². The van der Waals surface area contributed by atoms with Crippen LogP contribution in [0.15, 0.2) is 11.6 Å². The van der Waals surface area contributed by atoms with E-state index in [0.717, 1.165) is 18.4 Å². The SMILES string of the molecule is C[C@H](CCC(OC1OC(CO)C(O)C(O)C1OC1OC(CO)C(O)C(O)C1O)C(C)(C)O)[C@H]1CC[C@@]2(C)C3CC=C4[C@@H](CC[C@H](OC5OC(COC6OC(CO)C(O)C(O)C6O)C(O)C(O)C5O)C4(C)C)[C@]3(C)[C@H](O)C[C@]12C. The molecule has 24 heteroatoms. The molecule has 3 saturated carbocycles. The Labute approximate surface area is 455 Å². The fraction of sp³-hybridized carbons (Fsp3) is 0.963. The maximum absolute atomic E-state index is 12.7. The second-order valence-electron chi connectivity index (χ2n) is 25.9. The maximum Gasteiger partial charge on any atom is 0.187 e. The van der Waals surface area contributed by atoms with E-state index in [1.807, 2.05) is 0 Å². The van der Waals surface area contributed by atoms with Crippen molar-refractivity contribution in [2.45, 2.75) is 253 Å². The van der Waals surface area contributed by atoms with Gasteiger partial charge in [-0.1, -0.05) is 53.2 Å². The average Bonchev–Trinajstić information content (AvgIpc) is 2.93. The molecule has 0 aromatic heterocycles. The lowest BCUT2D eigenvalue weighted by molar-refractivity contribution is -0.375. The summed E-state index contributed by atoms with van der Waals surface area (Å²) in [6.45, 7) is 13.6. The van der Waals surface area contributed by atoms with E-state index in [2.05, 4.69) is 47.6 Å². The molecule has 0 spiro atoms. The molecule has 8 rings (SSSR count). The number of aliphatic hydroxyl groups is 16. The summed E-state index contributed by atoms with van der Waals surface area (Å²) >= 11 is 0. The van der Waals surface area contributed by atoms with Gasteiger partial charge in [0, 0.05) is 10.8 Å². The number of allylic oxidation sites excluding steroid dienone is 1. The number of rotatable bonds is 17. The van der Waals surface area contributed by atoms with Crippen molar-refractivity contribution in [2.75, 3.05) is 26.4 Å². The minimum absolute atomic E-state index is 0.0338. The zero-order valence-electron chi connectivity index (χ0n) is 46.1. The Bertz CT molecular complexity index is 2030. The average molecular weight is 1130 g/mol. The summed E-state index contributed by atoms with van der Waals surface area (Å²) in [6, 6.07) is 0. The highest BCUT2D eigenvalue weighted by Crippen LogP contribution is 2.75. The number of fused-ring (bicyclic) bond motifs is 5. The lowest BCUT2D eigenvalue weighted by Gasteiger charge is -2.67. The molecule has 452 valence electrons. The van der Waals surface area contributed by atoms with Crippen molar-refractivity contribution in [3.05, 3.63) is 11.6 Å². The molecule has 78 heavy (non-hydrogen) atoms. The van der Waals surface area contributed by atoms with Gasteiger partial charge in [0.15, 0.2) is 25.2 Å². The standard InChI is InChI=1S/C54H92O24/c1-22(9-13-33(51(4,5)70)77-49-45(41(66)36(61)28(20-57)74-49)78-48-44(69)39(64)35(60)27(19-56)73-48)23-15-16-52(6)30-12-10-24-25(54(30,8)31(58)17-53(23,52)7)11-14-32(50(24,2)3)76-47-43(68)40(65)37(62)29(75-47)21-71-46-42(67)38(63)34(59)26(18-55)72-46/h10,22-23,25-49,55-70H,9,11-21H2,1-8H3/t22-,23-,25-,26?,27?,28?,29?,30?,31-,32+,33?,34?,35?,36?,37?,38?,39?,40?,41?,42?,43?,44?,45?,46?,47?,48?,49?,52+,53-,54+/m1/s1. The first kappa shape index (κ1) is 62.8. The Hall–Kier alpha value is -1.22. The van der Waals surface area contributed by atoms with E-state index in [1.165, 1.54) is 0 Å². The van der Waals surface area contributed by atoms with Gasteiger partial charge in [-0.05, 0) is 99.7 Å². The van der Waals surface area contributed by atoms with E-state index in [4.69, 9.17) is 37.9 Å². The van der Waals surface area contributed by atoms with Crippen molar-refractivity contribution in [1.29, 1.82) is 0 Å². The van der Waals surface area contributed by atoms with E-state index < -0.39 is 184 Å². The lowest BCUT2D eigenvalue weighted by atomic mass is 9.38. The third-order valence-electron chi connectivity index (χ3n) is 20.8. The third-order valence-corrected chi connectivity index (χ3v) is 20.8. The van der Waals surface area contributed by atoms with Crippen LogP contribution in [0.3, 0.4) is 0 Å². The van der Waals surface area contributed by atoms with Crippen LogP contribution in [0.1, 0.15) is 107 Å². The third kappa shape index (κ3) is 11.0. The number of hydrogen-bond donors (Lipinski definition) is 16. The fourth-order valence-electron chi connectivity index (χ4n) is 15.6. The van der Waals surface area contributed by atoms with Crippen LogP contribution in [0.25, 0.3) is 0 Å². The molecule has 30 atom stereocenters. The maximum atomic E-state index is 12.7. The van der Waals surface area contributed by atoms with Crippen molar-refractivity contribution in [3.63, 3.8) is 0 Å². The summed E-state index contributed by atoms with van der Waals surface area (Å²) in [5, 5.41) is 172. The predicted molar refractivity (Wildman–Crippen MR) is 268 cm³/mol. The summed E-state index contributed by atoms with van der Waals surface area (Å²) in [5.74, 6) is 0.236. The van der Waals surface area contributed by atoms with E-state index in [-0.39, 0.29) is 40.9 Å². The van der Waals surface area contributed by atoms with Crippen LogP contribution < -0.4 is 0 Å². The monoisotopic (exact) mass is 1120 g/mol. The van der Waals surface area contributed by atoms with Gasteiger partial charge in [0.25, 0.3) is 0 Å². The molecule has 0 aromatic carbocycles. The normalized spacial score (nSPS) is 51.4. The lowest BCUT2D eigenvalue weighted by Crippen LogP contribution is -2.65. The smallest absolute Gasteiger partial charge is 0.187 e. The Morgan fingerprint density at radius 2 is 1.09 bits per heavy atom. The Morgan fingerprint density at radius 3 is 1.65 bits per heavy atom. The summed E-state index contributed by atoms with van der Waals surface area (Å²) in [4.78, 5) is 0. The molecule has 4 aliphatic heterocycles. The molecule has 0 radical (unpaired) electrons. The minimum Gasteiger partial charge on any atom is -0.394 e. The quantitative estimate of drug-likeness (QED) is 0.0637. The number of hydrogen-bond acceptors (Lipinski definition) is 24. The highest BCUT2D eigenvalue weighted by Gasteiger charge is 2.70. The Balaban J connectivity index is 0.940. The molecule has 7 fully saturated rings. The van der Waals surface area contributed by atoms with Gasteiger partial charge in [0.2, 0.25) is 0 Å². The fourth-order valence-corrected chi connectivity index (χ4v) is 15.6. The van der Waals surface area contributed by atoms with Crippen molar-refractivity contribution in [1.82, 2.24) is 0 Å². The molecule has 16 N–H and O–H groups in total. The van der Waals surface area contributed by atoms with E-state index in [1.54, 1.807) is 13.8 Å². The van der Waals surface area contributed by atoms with Gasteiger partial charge in [-0.15, -0.1) is 0 Å². The number of ether oxygens (including phenoxy) is 8. The molecule has 4 heterocycles. The zero-order chi connectivity index (χ0) is 57.5. The van der Waals surface area contributed by atoms with Gasteiger partial charge in [0.05, 0.1) is 50.3 Å². The van der Waals surface area contributed by atoms with Crippen LogP contribution in [0.2, 0.25) is 0 Å². The van der Waals surface area contributed by atoms with E-state index in [9.17, 15) is 81.7 Å². The first-order chi connectivity index (χ1) is 36.4. The van der Waals surface area contributed by atoms with Crippen LogP contribution in [0.5, 0.6) is 0 Å². The second-order valence-corrected chi connectivity index (χ2v) is 25.9. The van der Waals surface area contributed by atoms with Crippen molar-refractivity contribution in [2.24, 2.45) is 45.3 Å². The first-order valence-corrected chi connectivity index (χ1v) is 28.0. The molecule has 4 aliphatic carbocycles. The van der Waals surface area contributed by atoms with Gasteiger partial charge < -0.3 is 120 Å². The zero-order valence-corrected chi connectivity index (χ0v) is 46.1. The molecule has 24 nitrogen and oxygen atoms in total. The van der Waals surface area contributed by atoms with Gasteiger partial charge in [-0.25, -0.2) is 0 Å². The molecule has 8 aliphatic rings. The molecular formula is C54H92O24. The van der Waals surface area contributed by atoms with Crippen molar-refractivity contribution < 1.29 is 120 Å². The van der Waals surface area contributed by atoms with Gasteiger partial charge in [-0.3, -0.25) is 0 Å². The predicted octanol–water partition coefficient (Wildman–Crippen LogP) is -3.23. The second kappa shape index (κ2) is 23.7. The van der Waals surface area contributed by atoms with Gasteiger partial charge >= 0.3 is 0 Å². The molecule has 4 saturated heterocycles. The van der Waals surface area contributed by atoms with E-state index >= 15 is 0 Å². The highest BCUT2D eigenvalue weighted by atomic mass is 16.8. The van der Waals surface area contributed by atoms with Crippen LogP contribution in [0.4, 0.5) is 0 Å². The largest absolute Gasteiger partial charge is 0.394 e. The summed E-state index contributed by atoms with van der Waals surface area (Å²) < 4.78 is 47.5. The molecule has 0 aromatic rings. The minimum atomic E-state index is -1.85. The van der Waals surface area contributed by atoms with Crippen LogP contribution in [0, 0.1) is 45.3 Å². The molecule has 22 unspecified atom stereocenters. The highest BCUT2D eigenvalue weighted by molar-refractivity contribution is 5.32. The topological polar surface area (TPSA) is 398 Å². The summed E-state index contributed by atoms with van der Waals surface area (Å²) in [7, 11) is 0. The molecular weight excluding hydrogens is 1030 g/mol. The van der Waals surface area contributed by atoms with E-state index in [0.29, 0.717) is 32.1 Å². The van der Waals surface area contributed by atoms with Crippen molar-refractivity contribution >= 4 is 0 Å². The summed E-state index contributed by atoms with van der Waals surface area (Å²) in [6.07, 6.45) is -26.9. The van der Waals surface area contributed by atoms with Crippen LogP contribution in [-0.2, 0) is 37.9 Å². The van der Waals surface area contributed by atoms with Gasteiger partial charge in [-0.2, -0.15) is 0 Å². The molecule has 0 amide bonds. The number of aliphatic hydroxyl groups excluding tert-OH is 15. The molecule has 0 bridgehead atoms. The van der Waals surface area contributed by atoms with Crippen LogP contribution >= 0.6 is 0 Å². The summed E-state index contributed by atoms with van der Waals surface area (Å²) in [5.41, 5.74) is -2.12. The Morgan fingerprint density at radius 1 is 0.590 bits per heavy atom. The Kier molecular flexibility index (Phi) is 19.1.